The number of nitrogens with one attached hydrogen (secondary N) is 1. The van der Waals surface area contributed by atoms with Gasteiger partial charge in [-0.3, -0.25) is 9.48 Å². The minimum Gasteiger partial charge on any atom is -0.467 e. The first-order valence-corrected chi connectivity index (χ1v) is 7.38. The third kappa shape index (κ3) is 4.58. The predicted molar refractivity (Wildman–Crippen MR) is 80.0 cm³/mol. The third-order valence-electron chi connectivity index (χ3n) is 3.22. The summed E-state index contributed by atoms with van der Waals surface area (Å²) in [6, 6.07) is 1.13. The molecule has 6 nitrogen and oxygen atoms in total. The first kappa shape index (κ1) is 17.2. The Bertz CT molecular complexity index is 494. The van der Waals surface area contributed by atoms with Crippen LogP contribution in [0.4, 0.5) is 0 Å². The second kappa shape index (κ2) is 7.81. The van der Waals surface area contributed by atoms with Gasteiger partial charge in [-0.25, -0.2) is 4.79 Å². The van der Waals surface area contributed by atoms with Crippen LogP contribution in [0, 0.1) is 5.92 Å². The van der Waals surface area contributed by atoms with E-state index in [9.17, 15) is 9.59 Å². The van der Waals surface area contributed by atoms with Gasteiger partial charge >= 0.3 is 5.97 Å². The summed E-state index contributed by atoms with van der Waals surface area (Å²) in [4.78, 5) is 24.2. The number of aromatic nitrogens is 2. The summed E-state index contributed by atoms with van der Waals surface area (Å²) in [6.45, 7) is 8.51. The lowest BCUT2D eigenvalue weighted by Crippen LogP contribution is -2.43. The van der Waals surface area contributed by atoms with Crippen molar-refractivity contribution in [2.75, 3.05) is 7.11 Å². The van der Waals surface area contributed by atoms with Crippen molar-refractivity contribution in [1.82, 2.24) is 15.1 Å². The van der Waals surface area contributed by atoms with Crippen LogP contribution in [-0.2, 0) is 22.5 Å². The Morgan fingerprint density at radius 3 is 2.52 bits per heavy atom. The largest absolute Gasteiger partial charge is 0.467 e. The van der Waals surface area contributed by atoms with Gasteiger partial charge in [0.2, 0.25) is 0 Å². The third-order valence-corrected chi connectivity index (χ3v) is 3.22. The van der Waals surface area contributed by atoms with Crippen molar-refractivity contribution in [3.05, 3.63) is 17.5 Å². The highest BCUT2D eigenvalue weighted by molar-refractivity contribution is 5.95. The second-order valence-electron chi connectivity index (χ2n) is 5.37. The lowest BCUT2D eigenvalue weighted by atomic mass is 10.0. The summed E-state index contributed by atoms with van der Waals surface area (Å²) in [6.07, 6.45) is 1.30. The molecule has 0 saturated carbocycles. The van der Waals surface area contributed by atoms with Gasteiger partial charge in [0.15, 0.2) is 0 Å². The molecule has 1 heterocycles. The fourth-order valence-corrected chi connectivity index (χ4v) is 2.13. The monoisotopic (exact) mass is 295 g/mol. The maximum Gasteiger partial charge on any atom is 0.328 e. The molecule has 0 aliphatic carbocycles. The van der Waals surface area contributed by atoms with Gasteiger partial charge in [-0.05, 0) is 31.7 Å². The summed E-state index contributed by atoms with van der Waals surface area (Å²) < 4.78 is 6.41. The van der Waals surface area contributed by atoms with Crippen molar-refractivity contribution >= 4 is 11.9 Å². The number of ether oxygens (including phenoxy) is 1. The number of rotatable bonds is 7. The van der Waals surface area contributed by atoms with E-state index in [1.165, 1.54) is 7.11 Å². The van der Waals surface area contributed by atoms with E-state index in [4.69, 9.17) is 4.74 Å². The van der Waals surface area contributed by atoms with Crippen molar-refractivity contribution in [2.45, 2.75) is 53.1 Å². The van der Waals surface area contributed by atoms with Crippen molar-refractivity contribution in [2.24, 2.45) is 5.92 Å². The van der Waals surface area contributed by atoms with E-state index < -0.39 is 12.0 Å². The Hall–Kier alpha value is -1.85. The van der Waals surface area contributed by atoms with Gasteiger partial charge in [0.05, 0.1) is 12.8 Å². The van der Waals surface area contributed by atoms with Crippen LogP contribution in [0.3, 0.4) is 0 Å². The summed E-state index contributed by atoms with van der Waals surface area (Å²) >= 11 is 0. The van der Waals surface area contributed by atoms with Gasteiger partial charge in [0, 0.05) is 6.54 Å². The van der Waals surface area contributed by atoms with Crippen molar-refractivity contribution in [3.8, 4) is 0 Å². The highest BCUT2D eigenvalue weighted by atomic mass is 16.5. The summed E-state index contributed by atoms with van der Waals surface area (Å²) in [7, 11) is 1.33. The molecule has 0 aliphatic heterocycles. The Balaban J connectivity index is 2.90. The quantitative estimate of drug-likeness (QED) is 0.778. The number of carbonyl (C=O) groups is 2. The molecule has 1 aromatic rings. The van der Waals surface area contributed by atoms with Crippen LogP contribution in [0.15, 0.2) is 6.07 Å². The normalized spacial score (nSPS) is 12.3. The molecule has 0 bridgehead atoms. The Labute approximate surface area is 125 Å². The minimum atomic E-state index is -0.632. The van der Waals surface area contributed by atoms with E-state index in [1.807, 2.05) is 27.7 Å². The summed E-state index contributed by atoms with van der Waals surface area (Å²) in [5.41, 5.74) is 1.34. The van der Waals surface area contributed by atoms with Gasteiger partial charge in [-0.2, -0.15) is 5.10 Å². The van der Waals surface area contributed by atoms with E-state index in [-0.39, 0.29) is 11.8 Å². The van der Waals surface area contributed by atoms with E-state index >= 15 is 0 Å². The smallest absolute Gasteiger partial charge is 0.328 e. The highest BCUT2D eigenvalue weighted by Crippen LogP contribution is 2.10. The maximum atomic E-state index is 12.4. The first-order valence-electron chi connectivity index (χ1n) is 7.38. The molecule has 0 spiro atoms. The molecule has 1 amide bonds. The topological polar surface area (TPSA) is 73.2 Å². The minimum absolute atomic E-state index is 0.275. The van der Waals surface area contributed by atoms with Gasteiger partial charge in [-0.1, -0.05) is 20.8 Å². The average molecular weight is 295 g/mol. The molecule has 21 heavy (non-hydrogen) atoms. The zero-order chi connectivity index (χ0) is 16.0. The van der Waals surface area contributed by atoms with Gasteiger partial charge in [0.25, 0.3) is 5.91 Å². The van der Waals surface area contributed by atoms with Crippen molar-refractivity contribution < 1.29 is 14.3 Å². The lowest BCUT2D eigenvalue weighted by molar-refractivity contribution is -0.143. The second-order valence-corrected chi connectivity index (χ2v) is 5.37. The Morgan fingerprint density at radius 2 is 2.05 bits per heavy atom. The van der Waals surface area contributed by atoms with E-state index in [2.05, 4.69) is 10.4 Å². The van der Waals surface area contributed by atoms with Crippen LogP contribution in [-0.4, -0.2) is 34.8 Å². The van der Waals surface area contributed by atoms with E-state index in [0.717, 1.165) is 12.1 Å². The predicted octanol–water partition coefficient (Wildman–Crippen LogP) is 1.78. The molecule has 1 N–H and O–H groups in total. The number of nitrogens with zero attached hydrogens (tertiary/aromatic N) is 2. The van der Waals surface area contributed by atoms with Crippen LogP contribution in [0.5, 0.6) is 0 Å². The average Bonchev–Trinajstić information content (AvgIpc) is 2.88. The van der Waals surface area contributed by atoms with Crippen LogP contribution < -0.4 is 5.32 Å². The number of hydrogen-bond donors (Lipinski definition) is 1. The molecule has 1 aromatic heterocycles. The maximum absolute atomic E-state index is 12.4. The molecule has 1 rings (SSSR count). The standard InChI is InChI=1S/C15H25N3O3/c1-6-11-9-13(18(7-2)17-11)14(19)16-12(8-10(3)4)15(20)21-5/h9-10,12H,6-8H2,1-5H3,(H,16,19). The van der Waals surface area contributed by atoms with Crippen LogP contribution in [0.2, 0.25) is 0 Å². The van der Waals surface area contributed by atoms with Crippen molar-refractivity contribution in [3.63, 3.8) is 0 Å². The Morgan fingerprint density at radius 1 is 1.38 bits per heavy atom. The number of aryl methyl sites for hydroxylation is 2. The van der Waals surface area contributed by atoms with Crippen LogP contribution in [0.25, 0.3) is 0 Å². The molecule has 0 radical (unpaired) electrons. The number of hydrogen-bond acceptors (Lipinski definition) is 4. The van der Waals surface area contributed by atoms with Gasteiger partial charge < -0.3 is 10.1 Å². The Kier molecular flexibility index (Phi) is 6.39. The fourth-order valence-electron chi connectivity index (χ4n) is 2.13. The summed E-state index contributed by atoms with van der Waals surface area (Å²) in [5.74, 6) is -0.438. The molecular formula is C15H25N3O3. The van der Waals surface area contributed by atoms with Crippen LogP contribution in [0.1, 0.15) is 50.3 Å². The number of esters is 1. The van der Waals surface area contributed by atoms with E-state index in [1.54, 1.807) is 10.7 Å². The number of amides is 1. The molecule has 1 atom stereocenters. The molecule has 0 aliphatic rings. The lowest BCUT2D eigenvalue weighted by Gasteiger charge is -2.18. The molecule has 6 heteroatoms. The zero-order valence-corrected chi connectivity index (χ0v) is 13.5. The SMILES string of the molecule is CCc1cc(C(=O)NC(CC(C)C)C(=O)OC)n(CC)n1. The zero-order valence-electron chi connectivity index (χ0n) is 13.5. The highest BCUT2D eigenvalue weighted by Gasteiger charge is 2.24. The molecule has 1 unspecified atom stereocenters. The fraction of sp³-hybridized carbons (Fsp3) is 0.667. The van der Waals surface area contributed by atoms with Crippen LogP contribution >= 0.6 is 0 Å². The number of methoxy groups -OCH3 is 1. The van der Waals surface area contributed by atoms with E-state index in [0.29, 0.717) is 18.7 Å². The molecule has 118 valence electrons. The number of carbonyl (C=O) groups excluding carboxylic acids is 2. The molecule has 0 saturated heterocycles. The van der Waals surface area contributed by atoms with Gasteiger partial charge in [-0.15, -0.1) is 0 Å². The molecule has 0 aromatic carbocycles. The molecule has 0 fully saturated rings. The summed E-state index contributed by atoms with van der Waals surface area (Å²) in [5, 5.41) is 7.09. The van der Waals surface area contributed by atoms with Crippen molar-refractivity contribution in [1.29, 1.82) is 0 Å². The first-order chi connectivity index (χ1) is 9.92. The van der Waals surface area contributed by atoms with Gasteiger partial charge in [0.1, 0.15) is 11.7 Å². The molecular weight excluding hydrogens is 270 g/mol.